The van der Waals surface area contributed by atoms with E-state index in [0.29, 0.717) is 0 Å². The monoisotopic (exact) mass is 398 g/mol. The zero-order chi connectivity index (χ0) is 16.4. The van der Waals surface area contributed by atoms with E-state index in [4.69, 9.17) is 8.51 Å². The van der Waals surface area contributed by atoms with Crippen LogP contribution >= 0.6 is 8.51 Å². The fourth-order valence-corrected chi connectivity index (χ4v) is 12.2. The molecule has 0 nitrogen and oxygen atoms in total. The summed E-state index contributed by atoms with van der Waals surface area (Å²) in [4.78, 5) is 0. The van der Waals surface area contributed by atoms with Gasteiger partial charge in [-0.3, -0.25) is 0 Å². The van der Waals surface area contributed by atoms with Crippen LogP contribution in [0.3, 0.4) is 0 Å². The second-order valence-electron chi connectivity index (χ2n) is 6.26. The number of hydrogen-bond donors (Lipinski definition) is 0. The van der Waals surface area contributed by atoms with E-state index in [9.17, 15) is 0 Å². The fourth-order valence-electron chi connectivity index (χ4n) is 2.85. The van der Waals surface area contributed by atoms with Crippen LogP contribution in [0.4, 0.5) is 0 Å². The van der Waals surface area contributed by atoms with Gasteiger partial charge in [-0.05, 0) is 0 Å². The summed E-state index contributed by atoms with van der Waals surface area (Å²) in [6.45, 7) is 6.35. The predicted octanol–water partition coefficient (Wildman–Crippen LogP) is 4.20. The molecule has 0 radical (unpaired) electrons. The molecule has 3 rings (SSSR count). The second kappa shape index (κ2) is 6.75. The molecule has 0 saturated heterocycles. The number of halogens is 1. The van der Waals surface area contributed by atoms with Gasteiger partial charge in [0.2, 0.25) is 0 Å². The molecule has 2 heteroatoms. The molecule has 0 aliphatic heterocycles. The van der Waals surface area contributed by atoms with E-state index in [2.05, 4.69) is 93.6 Å². The third-order valence-corrected chi connectivity index (χ3v) is 16.5. The van der Waals surface area contributed by atoms with E-state index in [1.807, 2.05) is 0 Å². The number of aryl methyl sites for hydroxylation is 3. The summed E-state index contributed by atoms with van der Waals surface area (Å²) >= 11 is -3.40. The van der Waals surface area contributed by atoms with Crippen LogP contribution in [0.2, 0.25) is 0 Å². The van der Waals surface area contributed by atoms with E-state index >= 15 is 0 Å². The van der Waals surface area contributed by atoms with E-state index < -0.39 is 19.1 Å². The van der Waals surface area contributed by atoms with E-state index in [0.717, 1.165) is 0 Å². The zero-order valence-corrected chi connectivity index (χ0v) is 17.0. The molecule has 0 atom stereocenters. The van der Waals surface area contributed by atoms with E-state index in [1.54, 1.807) is 0 Å². The Hall–Kier alpha value is -1.17. The zero-order valence-electron chi connectivity index (χ0n) is 13.8. The Kier molecular flexibility index (Phi) is 4.90. The van der Waals surface area contributed by atoms with Gasteiger partial charge in [0, 0.05) is 0 Å². The molecule has 23 heavy (non-hydrogen) atoms. The van der Waals surface area contributed by atoms with Crippen molar-refractivity contribution in [2.24, 2.45) is 0 Å². The van der Waals surface area contributed by atoms with Crippen LogP contribution in [0, 0.1) is 20.8 Å². The Morgan fingerprint density at radius 2 is 0.696 bits per heavy atom. The normalized spacial score (nSPS) is 11.5. The van der Waals surface area contributed by atoms with Crippen LogP contribution in [0.1, 0.15) is 16.7 Å². The quantitative estimate of drug-likeness (QED) is 0.619. The van der Waals surface area contributed by atoms with Gasteiger partial charge in [0.1, 0.15) is 0 Å². The van der Waals surface area contributed by atoms with Crippen LogP contribution in [0.5, 0.6) is 0 Å². The Morgan fingerprint density at radius 1 is 0.478 bits per heavy atom. The minimum absolute atomic E-state index is 1.27. The molecular weight excluding hydrogens is 379 g/mol. The van der Waals surface area contributed by atoms with Gasteiger partial charge in [0.05, 0.1) is 0 Å². The molecule has 0 amide bonds. The van der Waals surface area contributed by atoms with Crippen LogP contribution < -0.4 is 9.81 Å². The molecule has 0 aliphatic carbocycles. The average Bonchev–Trinajstić information content (AvgIpc) is 2.56. The fraction of sp³-hybridized carbons (Fsp3) is 0.143. The molecular formula is C21H21ClZr. The van der Waals surface area contributed by atoms with Gasteiger partial charge in [-0.25, -0.2) is 0 Å². The summed E-state index contributed by atoms with van der Waals surface area (Å²) in [6.07, 6.45) is 0. The van der Waals surface area contributed by atoms with Crippen LogP contribution in [0.15, 0.2) is 72.8 Å². The SMILES string of the molecule is Cc1cc[c]([Zr]([Cl])([c]2ccc(C)cc2)[c]2ccc(C)cc2)cc1. The van der Waals surface area contributed by atoms with Crippen molar-refractivity contribution < 1.29 is 19.1 Å². The third-order valence-electron chi connectivity index (χ3n) is 4.35. The summed E-state index contributed by atoms with van der Waals surface area (Å²) in [5.41, 5.74) is 3.81. The van der Waals surface area contributed by atoms with Gasteiger partial charge in [-0.15, -0.1) is 0 Å². The Bertz CT molecular complexity index is 676. The van der Waals surface area contributed by atoms with Gasteiger partial charge >= 0.3 is 148 Å². The van der Waals surface area contributed by atoms with Crippen LogP contribution in [-0.2, 0) is 19.1 Å². The summed E-state index contributed by atoms with van der Waals surface area (Å²) in [5.74, 6) is 0. The number of rotatable bonds is 3. The summed E-state index contributed by atoms with van der Waals surface area (Å²) < 4.78 is 3.91. The molecule has 0 aliphatic rings. The molecule has 3 aromatic carbocycles. The van der Waals surface area contributed by atoms with Crippen molar-refractivity contribution in [3.05, 3.63) is 89.5 Å². The Morgan fingerprint density at radius 3 is 0.913 bits per heavy atom. The maximum atomic E-state index is 7.48. The molecule has 0 heterocycles. The van der Waals surface area contributed by atoms with Crippen LogP contribution in [0.25, 0.3) is 0 Å². The molecule has 0 bridgehead atoms. The van der Waals surface area contributed by atoms with Crippen molar-refractivity contribution in [1.82, 2.24) is 0 Å². The Balaban J connectivity index is 2.21. The van der Waals surface area contributed by atoms with Crippen molar-refractivity contribution in [3.8, 4) is 0 Å². The number of benzene rings is 3. The molecule has 0 unspecified atom stereocenters. The summed E-state index contributed by atoms with van der Waals surface area (Å²) in [5, 5.41) is 0. The predicted molar refractivity (Wildman–Crippen MR) is 98.3 cm³/mol. The molecule has 0 fully saturated rings. The average molecular weight is 400 g/mol. The first-order valence-corrected chi connectivity index (χ1v) is 14.8. The summed E-state index contributed by atoms with van der Waals surface area (Å²) in [7, 11) is 7.48. The molecule has 0 spiro atoms. The van der Waals surface area contributed by atoms with Gasteiger partial charge in [-0.2, -0.15) is 0 Å². The molecule has 116 valence electrons. The first kappa shape index (κ1) is 16.7. The van der Waals surface area contributed by atoms with Gasteiger partial charge in [0.25, 0.3) is 0 Å². The molecule has 0 N–H and O–H groups in total. The van der Waals surface area contributed by atoms with Gasteiger partial charge in [-0.1, -0.05) is 0 Å². The standard InChI is InChI=1S/3C7H7.ClH.Zr/c3*1-7-5-3-2-4-6-7;;/h3*3-6H,1H3;1H;/q;;;;+1/p-1. The maximum absolute atomic E-state index is 7.48. The van der Waals surface area contributed by atoms with Crippen LogP contribution in [-0.4, -0.2) is 0 Å². The van der Waals surface area contributed by atoms with Gasteiger partial charge in [0.15, 0.2) is 0 Å². The van der Waals surface area contributed by atoms with Crippen molar-refractivity contribution in [1.29, 1.82) is 0 Å². The third kappa shape index (κ3) is 3.37. The molecule has 0 saturated carbocycles. The Labute approximate surface area is 147 Å². The topological polar surface area (TPSA) is 0 Å². The molecule has 0 aromatic heterocycles. The van der Waals surface area contributed by atoms with Crippen molar-refractivity contribution in [2.45, 2.75) is 20.8 Å². The number of hydrogen-bond acceptors (Lipinski definition) is 0. The van der Waals surface area contributed by atoms with E-state index in [1.165, 1.54) is 26.5 Å². The molecule has 3 aromatic rings. The summed E-state index contributed by atoms with van der Waals surface area (Å²) in [6, 6.07) is 26.4. The van der Waals surface area contributed by atoms with Crippen molar-refractivity contribution >= 4 is 18.3 Å². The van der Waals surface area contributed by atoms with Crippen molar-refractivity contribution in [2.75, 3.05) is 0 Å². The second-order valence-corrected chi connectivity index (χ2v) is 17.1. The van der Waals surface area contributed by atoms with E-state index in [-0.39, 0.29) is 0 Å². The minimum atomic E-state index is -3.40. The van der Waals surface area contributed by atoms with Gasteiger partial charge < -0.3 is 0 Å². The first-order valence-electron chi connectivity index (χ1n) is 7.90. The first-order chi connectivity index (χ1) is 11.0. The van der Waals surface area contributed by atoms with Crippen molar-refractivity contribution in [3.63, 3.8) is 0 Å².